The van der Waals surface area contributed by atoms with Gasteiger partial charge >= 0.3 is 0 Å². The van der Waals surface area contributed by atoms with Crippen molar-refractivity contribution in [1.29, 1.82) is 0 Å². The minimum atomic E-state index is -1.23. The average molecular weight is 578 g/mol. The molecule has 2 saturated heterocycles. The lowest BCUT2D eigenvalue weighted by Crippen LogP contribution is -2.57. The first kappa shape index (κ1) is 27.8. The zero-order valence-corrected chi connectivity index (χ0v) is 24.3. The predicted molar refractivity (Wildman–Crippen MR) is 155 cm³/mol. The molecule has 1 saturated carbocycles. The number of anilines is 1. The standard InChI is InChI=1S/C32H36ClN3O5/c1-18-6-4-9-24(19(18)2)35-30(38)28-32-15-14-25(41-32)26(29(37)34-22-12-10-21(33)11-13-22)27(32)31(39)36(28)17-20-7-5-8-23(16-20)40-3/h5,7-8,10-16,18-19,24-28H,4,6,9,17H2,1-3H3,(H,34,37)(H,35,38). The second-order valence-corrected chi connectivity index (χ2v) is 12.3. The Morgan fingerprint density at radius 2 is 1.90 bits per heavy atom. The average Bonchev–Trinajstić information content (AvgIpc) is 3.60. The number of hydrogen-bond acceptors (Lipinski definition) is 5. The van der Waals surface area contributed by atoms with Crippen LogP contribution in [0.15, 0.2) is 60.7 Å². The van der Waals surface area contributed by atoms with Gasteiger partial charge in [0.15, 0.2) is 0 Å². The molecule has 2 aromatic carbocycles. The molecule has 1 aliphatic carbocycles. The van der Waals surface area contributed by atoms with Crippen molar-refractivity contribution in [3.05, 3.63) is 71.3 Å². The Bertz CT molecular complexity index is 1380. The number of benzene rings is 2. The molecule has 2 aromatic rings. The highest BCUT2D eigenvalue weighted by molar-refractivity contribution is 6.30. The summed E-state index contributed by atoms with van der Waals surface area (Å²) in [6.45, 7) is 4.59. The topological polar surface area (TPSA) is 97.0 Å². The molecule has 3 heterocycles. The van der Waals surface area contributed by atoms with Crippen LogP contribution in [0.5, 0.6) is 5.75 Å². The van der Waals surface area contributed by atoms with Gasteiger partial charge in [0.1, 0.15) is 17.4 Å². The number of nitrogens with zero attached hydrogens (tertiary/aromatic N) is 1. The van der Waals surface area contributed by atoms with Gasteiger partial charge < -0.3 is 25.0 Å². The van der Waals surface area contributed by atoms with Crippen LogP contribution in [0.3, 0.4) is 0 Å². The fourth-order valence-electron chi connectivity index (χ4n) is 7.21. The van der Waals surface area contributed by atoms with Gasteiger partial charge in [-0.25, -0.2) is 0 Å². The third-order valence-corrected chi connectivity index (χ3v) is 9.81. The van der Waals surface area contributed by atoms with Crippen molar-refractivity contribution >= 4 is 35.0 Å². The fourth-order valence-corrected chi connectivity index (χ4v) is 7.34. The van der Waals surface area contributed by atoms with Gasteiger partial charge in [-0.15, -0.1) is 0 Å². The van der Waals surface area contributed by atoms with E-state index in [2.05, 4.69) is 24.5 Å². The summed E-state index contributed by atoms with van der Waals surface area (Å²) in [6, 6.07) is 13.4. The molecular weight excluding hydrogens is 542 g/mol. The molecule has 8 atom stereocenters. The van der Waals surface area contributed by atoms with E-state index in [1.54, 1.807) is 36.3 Å². The number of halogens is 1. The number of amides is 3. The third kappa shape index (κ3) is 4.81. The number of hydrogen-bond donors (Lipinski definition) is 2. The van der Waals surface area contributed by atoms with Crippen molar-refractivity contribution in [3.8, 4) is 5.75 Å². The lowest BCUT2D eigenvalue weighted by atomic mass is 9.73. The Labute approximate surface area is 245 Å². The minimum Gasteiger partial charge on any atom is -0.497 e. The van der Waals surface area contributed by atoms with Crippen molar-refractivity contribution in [2.75, 3.05) is 12.4 Å². The molecule has 4 aliphatic rings. The number of rotatable bonds is 7. The van der Waals surface area contributed by atoms with E-state index in [0.717, 1.165) is 24.8 Å². The monoisotopic (exact) mass is 577 g/mol. The maximum atomic E-state index is 14.3. The van der Waals surface area contributed by atoms with E-state index in [-0.39, 0.29) is 30.3 Å². The van der Waals surface area contributed by atoms with Gasteiger partial charge in [-0.1, -0.05) is 62.6 Å². The first-order valence-corrected chi connectivity index (χ1v) is 14.8. The Balaban J connectivity index is 1.33. The first-order valence-electron chi connectivity index (χ1n) is 14.4. The van der Waals surface area contributed by atoms with Crippen LogP contribution in [-0.2, 0) is 25.7 Å². The second-order valence-electron chi connectivity index (χ2n) is 11.9. The SMILES string of the molecule is COc1cccc(CN2C(=O)C3C(C(=O)Nc4ccc(Cl)cc4)C4C=CC3(O4)C2C(=O)NC2CCCC(C)C2C)c1. The maximum Gasteiger partial charge on any atom is 0.246 e. The summed E-state index contributed by atoms with van der Waals surface area (Å²) in [5.74, 6) is -0.942. The van der Waals surface area contributed by atoms with E-state index in [0.29, 0.717) is 28.3 Å². The van der Waals surface area contributed by atoms with Crippen molar-refractivity contribution in [2.45, 2.75) is 63.4 Å². The lowest BCUT2D eigenvalue weighted by molar-refractivity contribution is -0.142. The largest absolute Gasteiger partial charge is 0.497 e. The van der Waals surface area contributed by atoms with Crippen LogP contribution in [0.1, 0.15) is 38.7 Å². The summed E-state index contributed by atoms with van der Waals surface area (Å²) in [5, 5.41) is 6.78. The molecule has 3 fully saturated rings. The third-order valence-electron chi connectivity index (χ3n) is 9.56. The maximum absolute atomic E-state index is 14.3. The summed E-state index contributed by atoms with van der Waals surface area (Å²) >= 11 is 6.01. The van der Waals surface area contributed by atoms with Gasteiger partial charge in [0.05, 0.1) is 25.0 Å². The van der Waals surface area contributed by atoms with Gasteiger partial charge in [0, 0.05) is 23.3 Å². The molecule has 0 radical (unpaired) electrons. The molecule has 2 N–H and O–H groups in total. The molecular formula is C32H36ClN3O5. The quantitative estimate of drug-likeness (QED) is 0.470. The number of nitrogens with one attached hydrogen (secondary N) is 2. The van der Waals surface area contributed by atoms with Crippen LogP contribution in [-0.4, -0.2) is 53.5 Å². The molecule has 9 heteroatoms. The number of carbonyl (C=O) groups excluding carboxylic acids is 3. The van der Waals surface area contributed by atoms with Gasteiger partial charge in [-0.3, -0.25) is 14.4 Å². The molecule has 41 heavy (non-hydrogen) atoms. The molecule has 6 rings (SSSR count). The number of likely N-dealkylation sites (tertiary alicyclic amines) is 1. The normalized spacial score (nSPS) is 33.5. The molecule has 3 aliphatic heterocycles. The predicted octanol–water partition coefficient (Wildman–Crippen LogP) is 4.58. The van der Waals surface area contributed by atoms with Crippen LogP contribution in [0.2, 0.25) is 5.02 Å². The van der Waals surface area contributed by atoms with Gasteiger partial charge in [0.2, 0.25) is 17.7 Å². The Kier molecular flexibility index (Phi) is 7.32. The molecule has 3 amide bonds. The van der Waals surface area contributed by atoms with E-state index in [1.165, 1.54) is 0 Å². The zero-order valence-electron chi connectivity index (χ0n) is 23.5. The van der Waals surface area contributed by atoms with E-state index in [9.17, 15) is 14.4 Å². The molecule has 8 nitrogen and oxygen atoms in total. The Morgan fingerprint density at radius 1 is 1.12 bits per heavy atom. The fraction of sp³-hybridized carbons (Fsp3) is 0.469. The van der Waals surface area contributed by atoms with E-state index in [4.69, 9.17) is 21.1 Å². The summed E-state index contributed by atoms with van der Waals surface area (Å²) in [7, 11) is 1.59. The molecule has 8 unspecified atom stereocenters. The second kappa shape index (κ2) is 10.8. The minimum absolute atomic E-state index is 0.0158. The highest BCUT2D eigenvalue weighted by Gasteiger charge is 2.72. The van der Waals surface area contributed by atoms with E-state index < -0.39 is 29.6 Å². The lowest BCUT2D eigenvalue weighted by Gasteiger charge is -2.38. The number of ether oxygens (including phenoxy) is 2. The van der Waals surface area contributed by atoms with Crippen LogP contribution in [0.4, 0.5) is 5.69 Å². The summed E-state index contributed by atoms with van der Waals surface area (Å²) < 4.78 is 11.9. The summed E-state index contributed by atoms with van der Waals surface area (Å²) in [5.41, 5.74) is 0.178. The number of fused-ring (bicyclic) bond motifs is 1. The highest BCUT2D eigenvalue weighted by Crippen LogP contribution is 2.55. The van der Waals surface area contributed by atoms with Gasteiger partial charge in [-0.05, 0) is 60.2 Å². The van der Waals surface area contributed by atoms with E-state index >= 15 is 0 Å². The highest BCUT2D eigenvalue weighted by atomic mass is 35.5. The van der Waals surface area contributed by atoms with Gasteiger partial charge in [-0.2, -0.15) is 0 Å². The van der Waals surface area contributed by atoms with E-state index in [1.807, 2.05) is 36.4 Å². The first-order chi connectivity index (χ1) is 19.7. The Morgan fingerprint density at radius 3 is 2.66 bits per heavy atom. The molecule has 216 valence electrons. The van der Waals surface area contributed by atoms with Crippen LogP contribution in [0.25, 0.3) is 0 Å². The number of methoxy groups -OCH3 is 1. The molecule has 2 bridgehead atoms. The van der Waals surface area contributed by atoms with Crippen molar-refractivity contribution < 1.29 is 23.9 Å². The Hall–Kier alpha value is -3.36. The van der Waals surface area contributed by atoms with Gasteiger partial charge in [0.25, 0.3) is 0 Å². The van der Waals surface area contributed by atoms with Crippen molar-refractivity contribution in [1.82, 2.24) is 10.2 Å². The molecule has 1 spiro atoms. The van der Waals surface area contributed by atoms with Crippen LogP contribution in [0, 0.1) is 23.7 Å². The molecule has 0 aromatic heterocycles. The summed E-state index contributed by atoms with van der Waals surface area (Å²) in [4.78, 5) is 43.7. The number of carbonyl (C=O) groups is 3. The zero-order chi connectivity index (χ0) is 28.9. The summed E-state index contributed by atoms with van der Waals surface area (Å²) in [6.07, 6.45) is 6.16. The van der Waals surface area contributed by atoms with Crippen LogP contribution < -0.4 is 15.4 Å². The van der Waals surface area contributed by atoms with Crippen molar-refractivity contribution in [2.24, 2.45) is 23.7 Å². The van der Waals surface area contributed by atoms with Crippen LogP contribution >= 0.6 is 11.6 Å². The van der Waals surface area contributed by atoms with Crippen molar-refractivity contribution in [3.63, 3.8) is 0 Å². The smallest absolute Gasteiger partial charge is 0.246 e.